The van der Waals surface area contributed by atoms with Gasteiger partial charge in [-0.15, -0.1) is 11.3 Å². The molecule has 3 nitrogen and oxygen atoms in total. The normalized spacial score (nSPS) is 13.5. The Bertz CT molecular complexity index is 545. The Morgan fingerprint density at radius 3 is 2.63 bits per heavy atom. The maximum absolute atomic E-state index is 12.8. The van der Waals surface area contributed by atoms with Crippen LogP contribution in [0.3, 0.4) is 0 Å². The summed E-state index contributed by atoms with van der Waals surface area (Å²) in [5.41, 5.74) is 1.49. The lowest BCUT2D eigenvalue weighted by Gasteiger charge is -2.14. The smallest absolute Gasteiger partial charge is 0.141 e. The molecule has 0 saturated heterocycles. The fourth-order valence-corrected chi connectivity index (χ4v) is 2.66. The molecule has 0 bridgehead atoms. The number of hydrogen-bond acceptors (Lipinski definition) is 4. The Balaban J connectivity index is 2.08. The molecule has 102 valence electrons. The zero-order valence-electron chi connectivity index (χ0n) is 11.2. The van der Waals surface area contributed by atoms with Gasteiger partial charge in [0, 0.05) is 17.2 Å². The van der Waals surface area contributed by atoms with Crippen molar-refractivity contribution in [1.29, 1.82) is 0 Å². The van der Waals surface area contributed by atoms with Crippen LogP contribution in [0.5, 0.6) is 0 Å². The third-order valence-corrected chi connectivity index (χ3v) is 3.65. The summed E-state index contributed by atoms with van der Waals surface area (Å²) in [5.74, 6) is -0.403. The van der Waals surface area contributed by atoms with Crippen molar-refractivity contribution in [3.63, 3.8) is 0 Å². The fraction of sp³-hybridized carbons (Fsp3) is 0.429. The van der Waals surface area contributed by atoms with E-state index in [0.717, 1.165) is 16.9 Å². The van der Waals surface area contributed by atoms with Gasteiger partial charge < -0.3 is 5.11 Å². The van der Waals surface area contributed by atoms with Crippen molar-refractivity contribution < 1.29 is 9.50 Å². The molecule has 0 saturated carbocycles. The van der Waals surface area contributed by atoms with E-state index in [9.17, 15) is 9.50 Å². The summed E-state index contributed by atoms with van der Waals surface area (Å²) in [5, 5.41) is 12.9. The highest BCUT2D eigenvalue weighted by Gasteiger charge is 2.19. The Hall–Kier alpha value is -1.33. The first-order chi connectivity index (χ1) is 8.86. The first-order valence-corrected chi connectivity index (χ1v) is 6.98. The van der Waals surface area contributed by atoms with Gasteiger partial charge in [0.05, 0.1) is 22.6 Å². The molecule has 2 rings (SSSR count). The molecule has 0 amide bonds. The highest BCUT2D eigenvalue weighted by molar-refractivity contribution is 7.09. The summed E-state index contributed by atoms with van der Waals surface area (Å²) < 4.78 is 12.8. The summed E-state index contributed by atoms with van der Waals surface area (Å²) >= 11 is 1.53. The van der Waals surface area contributed by atoms with E-state index in [1.807, 2.05) is 5.38 Å². The van der Waals surface area contributed by atoms with Crippen molar-refractivity contribution in [2.24, 2.45) is 0 Å². The van der Waals surface area contributed by atoms with Gasteiger partial charge in [-0.05, 0) is 12.1 Å². The molecular weight excluding hydrogens is 263 g/mol. The summed E-state index contributed by atoms with van der Waals surface area (Å²) in [7, 11) is 0. The summed E-state index contributed by atoms with van der Waals surface area (Å²) in [6.07, 6.45) is 0.764. The first kappa shape index (κ1) is 14.1. The fourth-order valence-electron chi connectivity index (χ4n) is 1.60. The van der Waals surface area contributed by atoms with Crippen LogP contribution >= 0.6 is 11.3 Å². The molecule has 2 heterocycles. The molecule has 0 radical (unpaired) electrons. The number of nitrogens with zero attached hydrogens (tertiary/aromatic N) is 2. The zero-order valence-corrected chi connectivity index (χ0v) is 12.0. The van der Waals surface area contributed by atoms with Crippen LogP contribution in [0, 0.1) is 5.82 Å². The molecule has 0 spiro atoms. The molecule has 1 unspecified atom stereocenters. The second-order valence-electron chi connectivity index (χ2n) is 5.50. The van der Waals surface area contributed by atoms with Crippen molar-refractivity contribution in [3.05, 3.63) is 45.9 Å². The van der Waals surface area contributed by atoms with Gasteiger partial charge in [0.2, 0.25) is 0 Å². The van der Waals surface area contributed by atoms with Gasteiger partial charge in [-0.25, -0.2) is 9.37 Å². The van der Waals surface area contributed by atoms with E-state index < -0.39 is 11.9 Å². The number of rotatable bonds is 3. The average molecular weight is 280 g/mol. The van der Waals surface area contributed by atoms with E-state index in [4.69, 9.17) is 0 Å². The molecule has 0 fully saturated rings. The van der Waals surface area contributed by atoms with Crippen LogP contribution in [0.2, 0.25) is 0 Å². The van der Waals surface area contributed by atoms with Gasteiger partial charge in [0.1, 0.15) is 11.9 Å². The number of aromatic nitrogens is 2. The van der Waals surface area contributed by atoms with E-state index in [-0.39, 0.29) is 5.41 Å². The molecule has 0 aliphatic carbocycles. The molecular formula is C14H17FN2OS. The minimum atomic E-state index is -0.750. The maximum atomic E-state index is 12.8. The SMILES string of the molecule is CC(C)(C)c1csc(CC(O)c2ccc(F)cn2)n1. The molecule has 2 aromatic rings. The lowest BCUT2D eigenvalue weighted by atomic mass is 9.93. The van der Waals surface area contributed by atoms with Crippen molar-refractivity contribution in [1.82, 2.24) is 9.97 Å². The van der Waals surface area contributed by atoms with Crippen LogP contribution in [0.4, 0.5) is 4.39 Å². The second-order valence-corrected chi connectivity index (χ2v) is 6.44. The topological polar surface area (TPSA) is 46.0 Å². The molecule has 5 heteroatoms. The minimum Gasteiger partial charge on any atom is -0.386 e. The van der Waals surface area contributed by atoms with Gasteiger partial charge in [-0.3, -0.25) is 4.98 Å². The van der Waals surface area contributed by atoms with Gasteiger partial charge >= 0.3 is 0 Å². The second kappa shape index (κ2) is 5.35. The quantitative estimate of drug-likeness (QED) is 0.938. The largest absolute Gasteiger partial charge is 0.386 e. The zero-order chi connectivity index (χ0) is 14.0. The lowest BCUT2D eigenvalue weighted by molar-refractivity contribution is 0.173. The van der Waals surface area contributed by atoms with E-state index >= 15 is 0 Å². The van der Waals surface area contributed by atoms with Gasteiger partial charge in [0.25, 0.3) is 0 Å². The van der Waals surface area contributed by atoms with Crippen molar-refractivity contribution in [2.75, 3.05) is 0 Å². The summed E-state index contributed by atoms with van der Waals surface area (Å²) in [4.78, 5) is 8.40. The third kappa shape index (κ3) is 3.58. The molecule has 1 atom stereocenters. The van der Waals surface area contributed by atoms with Crippen LogP contribution in [0.1, 0.15) is 43.3 Å². The Morgan fingerprint density at radius 1 is 1.37 bits per heavy atom. The number of pyridine rings is 1. The third-order valence-electron chi connectivity index (χ3n) is 2.78. The molecule has 2 aromatic heterocycles. The lowest BCUT2D eigenvalue weighted by Crippen LogP contribution is -2.12. The van der Waals surface area contributed by atoms with Crippen molar-refractivity contribution >= 4 is 11.3 Å². The van der Waals surface area contributed by atoms with E-state index in [1.165, 1.54) is 23.5 Å². The standard InChI is InChI=1S/C14H17FN2OS/c1-14(2,3)12-8-19-13(17-12)6-11(18)10-5-4-9(15)7-16-10/h4-5,7-8,11,18H,6H2,1-3H3. The van der Waals surface area contributed by atoms with Gasteiger partial charge in [-0.1, -0.05) is 20.8 Å². The van der Waals surface area contributed by atoms with Gasteiger partial charge in [0.15, 0.2) is 0 Å². The molecule has 19 heavy (non-hydrogen) atoms. The predicted octanol–water partition coefficient (Wildman–Crippen LogP) is 3.25. The summed E-state index contributed by atoms with van der Waals surface area (Å²) in [6.45, 7) is 6.30. The Morgan fingerprint density at radius 2 is 2.11 bits per heavy atom. The maximum Gasteiger partial charge on any atom is 0.141 e. The number of aliphatic hydroxyl groups is 1. The van der Waals surface area contributed by atoms with Crippen LogP contribution in [0.25, 0.3) is 0 Å². The van der Waals surface area contributed by atoms with E-state index in [1.54, 1.807) is 0 Å². The van der Waals surface area contributed by atoms with E-state index in [2.05, 4.69) is 30.7 Å². The molecule has 0 aliphatic rings. The van der Waals surface area contributed by atoms with Crippen LogP contribution in [0.15, 0.2) is 23.7 Å². The molecule has 1 N–H and O–H groups in total. The predicted molar refractivity (Wildman–Crippen MR) is 73.7 cm³/mol. The number of thiazole rings is 1. The first-order valence-electron chi connectivity index (χ1n) is 6.10. The number of halogens is 1. The highest BCUT2D eigenvalue weighted by Crippen LogP contribution is 2.26. The van der Waals surface area contributed by atoms with Crippen molar-refractivity contribution in [2.45, 2.75) is 38.7 Å². The van der Waals surface area contributed by atoms with E-state index in [0.29, 0.717) is 12.1 Å². The minimum absolute atomic E-state index is 0.00777. The molecule has 0 aromatic carbocycles. The number of aliphatic hydroxyl groups excluding tert-OH is 1. The Labute approximate surface area is 116 Å². The highest BCUT2D eigenvalue weighted by atomic mass is 32.1. The Kier molecular flexibility index (Phi) is 3.96. The summed E-state index contributed by atoms with van der Waals surface area (Å²) in [6, 6.07) is 2.80. The average Bonchev–Trinajstić information content (AvgIpc) is 2.78. The van der Waals surface area contributed by atoms with Crippen LogP contribution < -0.4 is 0 Å². The molecule has 0 aliphatic heterocycles. The van der Waals surface area contributed by atoms with Crippen molar-refractivity contribution in [3.8, 4) is 0 Å². The van der Waals surface area contributed by atoms with Crippen LogP contribution in [-0.4, -0.2) is 15.1 Å². The monoisotopic (exact) mass is 280 g/mol. The van der Waals surface area contributed by atoms with Crippen LogP contribution in [-0.2, 0) is 11.8 Å². The number of hydrogen-bond donors (Lipinski definition) is 1. The van der Waals surface area contributed by atoms with Gasteiger partial charge in [-0.2, -0.15) is 0 Å².